The molecule has 3 rings (SSSR count). The molecule has 2 aromatic rings. The average Bonchev–Trinajstić information content (AvgIpc) is 2.89. The third-order valence-corrected chi connectivity index (χ3v) is 3.74. The topological polar surface area (TPSA) is 50.7 Å². The molecule has 23 heavy (non-hydrogen) atoms. The first-order valence-electron chi connectivity index (χ1n) is 8.00. The van der Waals surface area contributed by atoms with Crippen LogP contribution in [0.3, 0.4) is 0 Å². The molecule has 0 saturated carbocycles. The summed E-state index contributed by atoms with van der Waals surface area (Å²) in [6.45, 7) is 2.91. The maximum Gasteiger partial charge on any atom is 0.275 e. The number of aliphatic imine (C=N–C) groups is 1. The maximum atomic E-state index is 12.0. The zero-order chi connectivity index (χ0) is 16.1. The van der Waals surface area contributed by atoms with E-state index >= 15 is 0 Å². The molecule has 0 atom stereocenters. The number of hydrogen-bond acceptors (Lipinski definition) is 3. The minimum Gasteiger partial charge on any atom is -0.494 e. The Kier molecular flexibility index (Phi) is 4.71. The predicted octanol–water partition coefficient (Wildman–Crippen LogP) is 4.33. The number of rotatable bonds is 6. The summed E-state index contributed by atoms with van der Waals surface area (Å²) >= 11 is 0. The van der Waals surface area contributed by atoms with Crippen molar-refractivity contribution in [3.63, 3.8) is 0 Å². The number of carbonyl (C=O) groups excluding carboxylic acids is 1. The van der Waals surface area contributed by atoms with Crippen molar-refractivity contribution in [2.75, 3.05) is 11.9 Å². The number of amides is 1. The van der Waals surface area contributed by atoms with Crippen molar-refractivity contribution in [2.24, 2.45) is 4.99 Å². The summed E-state index contributed by atoms with van der Waals surface area (Å²) in [5.74, 6) is 0.674. The molecule has 0 aromatic heterocycles. The van der Waals surface area contributed by atoms with Crippen LogP contribution >= 0.6 is 0 Å². The van der Waals surface area contributed by atoms with Crippen LogP contribution in [0.5, 0.6) is 5.75 Å². The highest BCUT2D eigenvalue weighted by Crippen LogP contribution is 2.26. The van der Waals surface area contributed by atoms with Crippen LogP contribution in [0.2, 0.25) is 0 Å². The van der Waals surface area contributed by atoms with E-state index in [2.05, 4.69) is 17.2 Å². The minimum absolute atomic E-state index is 0.161. The summed E-state index contributed by atoms with van der Waals surface area (Å²) in [6.07, 6.45) is 3.43. The van der Waals surface area contributed by atoms with E-state index in [0.717, 1.165) is 35.7 Å². The zero-order valence-electron chi connectivity index (χ0n) is 13.2. The van der Waals surface area contributed by atoms with Crippen LogP contribution in [0.15, 0.2) is 53.5 Å². The molecule has 2 aromatic carbocycles. The summed E-state index contributed by atoms with van der Waals surface area (Å²) in [7, 11) is 0. The molecule has 1 heterocycles. The molecule has 1 aliphatic heterocycles. The van der Waals surface area contributed by atoms with E-state index in [1.165, 1.54) is 12.8 Å². The number of anilines is 1. The quantitative estimate of drug-likeness (QED) is 0.808. The predicted molar refractivity (Wildman–Crippen MR) is 92.7 cm³/mol. The molecule has 118 valence electrons. The summed E-state index contributed by atoms with van der Waals surface area (Å²) in [6, 6.07) is 15.1. The van der Waals surface area contributed by atoms with Crippen LogP contribution in [-0.2, 0) is 4.79 Å². The van der Waals surface area contributed by atoms with Crippen LogP contribution in [0.1, 0.15) is 31.7 Å². The van der Waals surface area contributed by atoms with Gasteiger partial charge in [0.15, 0.2) is 0 Å². The Balaban J connectivity index is 1.72. The number of fused-ring (bicyclic) bond motifs is 1. The second-order valence-electron chi connectivity index (χ2n) is 5.51. The fraction of sp³-hybridized carbons (Fsp3) is 0.263. The molecule has 0 fully saturated rings. The normalized spacial score (nSPS) is 14.7. The van der Waals surface area contributed by atoms with Gasteiger partial charge in [-0.05, 0) is 36.8 Å². The Morgan fingerprint density at radius 1 is 1.04 bits per heavy atom. The maximum absolute atomic E-state index is 12.0. The number of para-hydroxylation sites is 1. The van der Waals surface area contributed by atoms with Gasteiger partial charge in [-0.25, -0.2) is 4.99 Å². The van der Waals surface area contributed by atoms with E-state index < -0.39 is 0 Å². The van der Waals surface area contributed by atoms with Crippen molar-refractivity contribution in [2.45, 2.75) is 26.2 Å². The van der Waals surface area contributed by atoms with Gasteiger partial charge in [-0.15, -0.1) is 0 Å². The van der Waals surface area contributed by atoms with Gasteiger partial charge < -0.3 is 10.1 Å². The highest BCUT2D eigenvalue weighted by molar-refractivity contribution is 6.54. The lowest BCUT2D eigenvalue weighted by atomic mass is 10.1. The van der Waals surface area contributed by atoms with Gasteiger partial charge in [-0.2, -0.15) is 0 Å². The lowest BCUT2D eigenvalue weighted by Crippen LogP contribution is -2.13. The van der Waals surface area contributed by atoms with Gasteiger partial charge in [0.25, 0.3) is 5.91 Å². The molecule has 1 aliphatic rings. The summed E-state index contributed by atoms with van der Waals surface area (Å²) in [4.78, 5) is 16.5. The third-order valence-electron chi connectivity index (χ3n) is 3.74. The molecule has 1 amide bonds. The first-order chi connectivity index (χ1) is 11.3. The Morgan fingerprint density at radius 3 is 2.61 bits per heavy atom. The molecular weight excluding hydrogens is 288 g/mol. The average molecular weight is 308 g/mol. The highest BCUT2D eigenvalue weighted by Gasteiger charge is 2.25. The van der Waals surface area contributed by atoms with Crippen molar-refractivity contribution < 1.29 is 9.53 Å². The number of hydrogen-bond donors (Lipinski definition) is 1. The Labute approximate surface area is 136 Å². The van der Waals surface area contributed by atoms with E-state index in [0.29, 0.717) is 5.71 Å². The van der Waals surface area contributed by atoms with Gasteiger partial charge in [-0.1, -0.05) is 38.0 Å². The number of carbonyl (C=O) groups is 1. The van der Waals surface area contributed by atoms with Crippen molar-refractivity contribution in [3.8, 4) is 5.75 Å². The highest BCUT2D eigenvalue weighted by atomic mass is 16.5. The van der Waals surface area contributed by atoms with Crippen LogP contribution in [-0.4, -0.2) is 18.2 Å². The Morgan fingerprint density at radius 2 is 1.83 bits per heavy atom. The molecule has 0 bridgehead atoms. The standard InChI is InChI=1S/C19H20N2O2/c1-2-3-6-13-23-15-11-9-14(10-12-15)20-18-16-7-4-5-8-17(16)21-19(18)22/h4-5,7-12H,2-3,6,13H2,1H3,(H,20,21,22). The molecule has 0 radical (unpaired) electrons. The molecule has 0 spiro atoms. The van der Waals surface area contributed by atoms with E-state index in [-0.39, 0.29) is 5.91 Å². The molecule has 0 saturated heterocycles. The van der Waals surface area contributed by atoms with Crippen LogP contribution in [0.4, 0.5) is 11.4 Å². The SMILES string of the molecule is CCCCCOc1ccc(N=C2C(=O)Nc3ccccc32)cc1. The van der Waals surface area contributed by atoms with E-state index in [9.17, 15) is 4.79 Å². The fourth-order valence-corrected chi connectivity index (χ4v) is 2.50. The molecule has 1 N–H and O–H groups in total. The third kappa shape index (κ3) is 3.59. The smallest absolute Gasteiger partial charge is 0.275 e. The second kappa shape index (κ2) is 7.09. The molecular formula is C19H20N2O2. The first kappa shape index (κ1) is 15.3. The lowest BCUT2D eigenvalue weighted by Gasteiger charge is -2.05. The Hall–Kier alpha value is -2.62. The summed E-state index contributed by atoms with van der Waals surface area (Å²) < 4.78 is 5.68. The minimum atomic E-state index is -0.161. The van der Waals surface area contributed by atoms with Gasteiger partial charge in [-0.3, -0.25) is 4.79 Å². The molecule has 4 heteroatoms. The van der Waals surface area contributed by atoms with Gasteiger partial charge in [0.05, 0.1) is 18.0 Å². The number of ether oxygens (including phenoxy) is 1. The van der Waals surface area contributed by atoms with Gasteiger partial charge in [0.1, 0.15) is 11.5 Å². The molecule has 0 unspecified atom stereocenters. The van der Waals surface area contributed by atoms with Gasteiger partial charge in [0.2, 0.25) is 0 Å². The summed E-state index contributed by atoms with van der Waals surface area (Å²) in [5.41, 5.74) is 2.86. The largest absolute Gasteiger partial charge is 0.494 e. The van der Waals surface area contributed by atoms with Crippen molar-refractivity contribution in [1.82, 2.24) is 0 Å². The van der Waals surface area contributed by atoms with E-state index in [1.807, 2.05) is 48.5 Å². The van der Waals surface area contributed by atoms with Gasteiger partial charge in [0, 0.05) is 5.56 Å². The van der Waals surface area contributed by atoms with Crippen LogP contribution in [0.25, 0.3) is 0 Å². The fourth-order valence-electron chi connectivity index (χ4n) is 2.50. The number of unbranched alkanes of at least 4 members (excludes halogenated alkanes) is 2. The molecule has 4 nitrogen and oxygen atoms in total. The number of benzene rings is 2. The van der Waals surface area contributed by atoms with Gasteiger partial charge >= 0.3 is 0 Å². The van der Waals surface area contributed by atoms with Crippen LogP contribution < -0.4 is 10.1 Å². The van der Waals surface area contributed by atoms with E-state index in [4.69, 9.17) is 4.74 Å². The van der Waals surface area contributed by atoms with E-state index in [1.54, 1.807) is 0 Å². The second-order valence-corrected chi connectivity index (χ2v) is 5.51. The zero-order valence-corrected chi connectivity index (χ0v) is 13.2. The number of nitrogens with zero attached hydrogens (tertiary/aromatic N) is 1. The number of nitrogens with one attached hydrogen (secondary N) is 1. The first-order valence-corrected chi connectivity index (χ1v) is 8.00. The lowest BCUT2D eigenvalue weighted by molar-refractivity contribution is -0.110. The van der Waals surface area contributed by atoms with Crippen molar-refractivity contribution >= 4 is 23.0 Å². The summed E-state index contributed by atoms with van der Waals surface area (Å²) in [5, 5.41) is 2.82. The van der Waals surface area contributed by atoms with Crippen LogP contribution in [0, 0.1) is 0 Å². The van der Waals surface area contributed by atoms with Crippen molar-refractivity contribution in [1.29, 1.82) is 0 Å². The monoisotopic (exact) mass is 308 g/mol. The Bertz CT molecular complexity index is 720. The van der Waals surface area contributed by atoms with Crippen molar-refractivity contribution in [3.05, 3.63) is 54.1 Å². The molecule has 0 aliphatic carbocycles.